The van der Waals surface area contributed by atoms with Gasteiger partial charge in [0.1, 0.15) is 0 Å². The molecule has 0 aromatic carbocycles. The van der Waals surface area contributed by atoms with E-state index in [0.29, 0.717) is 6.42 Å². The third kappa shape index (κ3) is 5.16. The number of hydrogen-bond acceptors (Lipinski definition) is 4. The molecule has 0 aromatic rings. The number of hydrogen-bond donors (Lipinski definition) is 0. The van der Waals surface area contributed by atoms with Crippen LogP contribution in [0.2, 0.25) is 0 Å². The van der Waals surface area contributed by atoms with E-state index in [1.807, 2.05) is 6.92 Å². The summed E-state index contributed by atoms with van der Waals surface area (Å²) in [4.78, 5) is 13.1. The molecule has 0 amide bonds. The van der Waals surface area contributed by atoms with Crippen molar-refractivity contribution in [3.8, 4) is 0 Å². The Hall–Kier alpha value is -0.220. The van der Waals surface area contributed by atoms with Crippen LogP contribution in [0.15, 0.2) is 0 Å². The van der Waals surface area contributed by atoms with Crippen molar-refractivity contribution in [2.45, 2.75) is 39.5 Å². The monoisotopic (exact) mass is 205 g/mol. The van der Waals surface area contributed by atoms with Gasteiger partial charge in [-0.25, -0.2) is 0 Å². The van der Waals surface area contributed by atoms with Gasteiger partial charge in [0.2, 0.25) is 0 Å². The van der Waals surface area contributed by atoms with Crippen LogP contribution in [0.4, 0.5) is 0 Å². The normalized spacial score (nSPS) is 13.0. The van der Waals surface area contributed by atoms with Gasteiger partial charge in [-0.15, -0.1) is 0 Å². The van der Waals surface area contributed by atoms with Crippen molar-refractivity contribution in [3.05, 3.63) is 0 Å². The summed E-state index contributed by atoms with van der Waals surface area (Å²) in [5, 5.41) is 0.241. The second kappa shape index (κ2) is 7.21. The van der Waals surface area contributed by atoms with Crippen molar-refractivity contribution >= 4 is 18.0 Å². The maximum atomic E-state index is 10.9. The summed E-state index contributed by atoms with van der Waals surface area (Å²) >= 11 is 1.24. The van der Waals surface area contributed by atoms with E-state index in [-0.39, 0.29) is 11.3 Å². The lowest BCUT2D eigenvalue weighted by atomic mass is 10.5. The molecular weight excluding hydrogens is 186 g/mol. The molecule has 0 aliphatic rings. The molecule has 0 heterocycles. The zero-order chi connectivity index (χ0) is 10.3. The van der Waals surface area contributed by atoms with Crippen molar-refractivity contribution in [2.24, 2.45) is 0 Å². The van der Waals surface area contributed by atoms with E-state index < -0.39 is 0 Å². The molecule has 0 radical (unpaired) electrons. The van der Waals surface area contributed by atoms with E-state index in [1.54, 1.807) is 6.92 Å². The Balaban J connectivity index is 3.71. The lowest BCUT2D eigenvalue weighted by Gasteiger charge is -2.24. The predicted octanol–water partition coefficient (Wildman–Crippen LogP) is 2.28. The van der Waals surface area contributed by atoms with Crippen LogP contribution in [-0.4, -0.2) is 29.3 Å². The number of carbonyl (C=O) groups excluding carboxylic acids is 1. The highest BCUT2D eigenvalue weighted by atomic mass is 32.2. The standard InChI is InChI=1S/C9H19NO2S/c1-5-9(11)12-13-8(4)10(6-2)7-3/h8H,5-7H2,1-4H3. The first-order valence-corrected chi connectivity index (χ1v) is 5.56. The van der Waals surface area contributed by atoms with Crippen LogP contribution in [0, 0.1) is 0 Å². The Kier molecular flexibility index (Phi) is 7.09. The molecule has 0 N–H and O–H groups in total. The smallest absolute Gasteiger partial charge is 0.317 e. The molecule has 0 rings (SSSR count). The van der Waals surface area contributed by atoms with E-state index in [1.165, 1.54) is 12.0 Å². The Bertz CT molecular complexity index is 149. The zero-order valence-corrected chi connectivity index (χ0v) is 9.69. The van der Waals surface area contributed by atoms with E-state index in [9.17, 15) is 4.79 Å². The summed E-state index contributed by atoms with van der Waals surface area (Å²) in [6, 6.07) is 0. The minimum atomic E-state index is -0.149. The van der Waals surface area contributed by atoms with Crippen LogP contribution in [-0.2, 0) is 8.98 Å². The largest absolute Gasteiger partial charge is 0.390 e. The number of rotatable bonds is 6. The van der Waals surface area contributed by atoms with Gasteiger partial charge in [-0.1, -0.05) is 20.8 Å². The van der Waals surface area contributed by atoms with Crippen molar-refractivity contribution in [3.63, 3.8) is 0 Å². The van der Waals surface area contributed by atoms with Crippen molar-refractivity contribution < 1.29 is 8.98 Å². The van der Waals surface area contributed by atoms with Gasteiger partial charge in [0.05, 0.1) is 17.4 Å². The first-order chi connectivity index (χ1) is 6.15. The molecule has 4 heteroatoms. The van der Waals surface area contributed by atoms with Gasteiger partial charge < -0.3 is 4.18 Å². The topological polar surface area (TPSA) is 29.5 Å². The van der Waals surface area contributed by atoms with Crippen LogP contribution in [0.3, 0.4) is 0 Å². The van der Waals surface area contributed by atoms with E-state index in [4.69, 9.17) is 4.18 Å². The van der Waals surface area contributed by atoms with Crippen LogP contribution in [0.5, 0.6) is 0 Å². The van der Waals surface area contributed by atoms with Crippen molar-refractivity contribution in [2.75, 3.05) is 13.1 Å². The summed E-state index contributed by atoms with van der Waals surface area (Å²) in [6.45, 7) is 10.00. The van der Waals surface area contributed by atoms with Gasteiger partial charge in [-0.2, -0.15) is 0 Å². The Labute approximate surface area is 85.0 Å². The molecule has 0 fully saturated rings. The average Bonchev–Trinajstić information content (AvgIpc) is 2.16. The maximum Gasteiger partial charge on any atom is 0.317 e. The SMILES string of the molecule is CCC(=O)OSC(C)N(CC)CC. The molecular formula is C9H19NO2S. The summed E-state index contributed by atoms with van der Waals surface area (Å²) in [7, 11) is 0. The molecule has 0 spiro atoms. The van der Waals surface area contributed by atoms with E-state index >= 15 is 0 Å². The van der Waals surface area contributed by atoms with Gasteiger partial charge in [0, 0.05) is 6.42 Å². The summed E-state index contributed by atoms with van der Waals surface area (Å²) in [6.07, 6.45) is 0.442. The molecule has 0 bridgehead atoms. The molecule has 0 aromatic heterocycles. The molecule has 0 saturated carbocycles. The third-order valence-corrected chi connectivity index (χ3v) is 2.75. The molecule has 0 saturated heterocycles. The molecule has 3 nitrogen and oxygen atoms in total. The van der Waals surface area contributed by atoms with Gasteiger partial charge >= 0.3 is 5.97 Å². The maximum absolute atomic E-state index is 10.9. The van der Waals surface area contributed by atoms with Crippen LogP contribution in [0.1, 0.15) is 34.1 Å². The fraction of sp³-hybridized carbons (Fsp3) is 0.889. The molecule has 1 atom stereocenters. The summed E-state index contributed by atoms with van der Waals surface area (Å²) in [5.74, 6) is -0.149. The molecule has 1 unspecified atom stereocenters. The first-order valence-electron chi connectivity index (χ1n) is 4.75. The van der Waals surface area contributed by atoms with Crippen molar-refractivity contribution in [1.82, 2.24) is 4.90 Å². The van der Waals surface area contributed by atoms with Crippen LogP contribution >= 0.6 is 12.0 Å². The highest BCUT2D eigenvalue weighted by molar-refractivity contribution is 7.95. The highest BCUT2D eigenvalue weighted by Gasteiger charge is 2.13. The molecule has 13 heavy (non-hydrogen) atoms. The second-order valence-corrected chi connectivity index (χ2v) is 3.77. The summed E-state index contributed by atoms with van der Waals surface area (Å²) < 4.78 is 4.97. The fourth-order valence-corrected chi connectivity index (χ4v) is 1.77. The Morgan fingerprint density at radius 2 is 1.92 bits per heavy atom. The first kappa shape index (κ1) is 12.8. The lowest BCUT2D eigenvalue weighted by molar-refractivity contribution is -0.132. The quantitative estimate of drug-likeness (QED) is 0.491. The lowest BCUT2D eigenvalue weighted by Crippen LogP contribution is -2.30. The van der Waals surface area contributed by atoms with Crippen LogP contribution < -0.4 is 0 Å². The van der Waals surface area contributed by atoms with Gasteiger partial charge in [0.25, 0.3) is 0 Å². The molecule has 0 aliphatic heterocycles. The highest BCUT2D eigenvalue weighted by Crippen LogP contribution is 2.16. The second-order valence-electron chi connectivity index (χ2n) is 2.73. The fourth-order valence-electron chi connectivity index (χ4n) is 0.981. The van der Waals surface area contributed by atoms with E-state index in [0.717, 1.165) is 13.1 Å². The summed E-state index contributed by atoms with van der Waals surface area (Å²) in [5.41, 5.74) is 0. The number of carbonyl (C=O) groups is 1. The van der Waals surface area contributed by atoms with Gasteiger partial charge in [-0.05, 0) is 20.0 Å². The minimum Gasteiger partial charge on any atom is -0.390 e. The van der Waals surface area contributed by atoms with Gasteiger partial charge in [-0.3, -0.25) is 9.69 Å². The predicted molar refractivity (Wildman–Crippen MR) is 56.4 cm³/mol. The number of nitrogens with zero attached hydrogens (tertiary/aromatic N) is 1. The van der Waals surface area contributed by atoms with Crippen molar-refractivity contribution in [1.29, 1.82) is 0 Å². The van der Waals surface area contributed by atoms with Crippen LogP contribution in [0.25, 0.3) is 0 Å². The molecule has 78 valence electrons. The van der Waals surface area contributed by atoms with E-state index in [2.05, 4.69) is 18.7 Å². The third-order valence-electron chi connectivity index (χ3n) is 1.90. The Morgan fingerprint density at radius 3 is 2.31 bits per heavy atom. The minimum absolute atomic E-state index is 0.149. The Morgan fingerprint density at radius 1 is 1.38 bits per heavy atom. The average molecular weight is 205 g/mol. The molecule has 0 aliphatic carbocycles. The van der Waals surface area contributed by atoms with Gasteiger partial charge in [0.15, 0.2) is 0 Å². The zero-order valence-electron chi connectivity index (χ0n) is 8.87.